The quantitative estimate of drug-likeness (QED) is 0.700. The van der Waals surface area contributed by atoms with Crippen molar-refractivity contribution in [3.8, 4) is 0 Å². The SMILES string of the molecule is CC1CN(C(C)(C)C(N)=O)CC(C)O1. The minimum absolute atomic E-state index is 0.164. The molecule has 0 bridgehead atoms. The number of carbonyl (C=O) groups excluding carboxylic acids is 1. The molecule has 1 heterocycles. The Labute approximate surface area is 85.4 Å². The van der Waals surface area contributed by atoms with E-state index in [9.17, 15) is 4.79 Å². The van der Waals surface area contributed by atoms with Crippen LogP contribution in [0.1, 0.15) is 27.7 Å². The highest BCUT2D eigenvalue weighted by Gasteiger charge is 2.37. The van der Waals surface area contributed by atoms with Crippen LogP contribution in [-0.4, -0.2) is 41.6 Å². The topological polar surface area (TPSA) is 55.6 Å². The van der Waals surface area contributed by atoms with Crippen LogP contribution in [0.3, 0.4) is 0 Å². The zero-order valence-corrected chi connectivity index (χ0v) is 9.41. The molecule has 0 aromatic rings. The first-order valence-electron chi connectivity index (χ1n) is 5.04. The van der Waals surface area contributed by atoms with Gasteiger partial charge in [0, 0.05) is 13.1 Å². The molecule has 1 aliphatic heterocycles. The summed E-state index contributed by atoms with van der Waals surface area (Å²) in [5.41, 5.74) is 4.79. The number of nitrogens with two attached hydrogens (primary N) is 1. The van der Waals surface area contributed by atoms with Gasteiger partial charge in [0.1, 0.15) is 0 Å². The fraction of sp³-hybridized carbons (Fsp3) is 0.900. The van der Waals surface area contributed by atoms with Gasteiger partial charge in [-0.1, -0.05) is 0 Å². The van der Waals surface area contributed by atoms with Crippen LogP contribution in [0.4, 0.5) is 0 Å². The van der Waals surface area contributed by atoms with Gasteiger partial charge in [-0.05, 0) is 27.7 Å². The molecule has 4 nitrogen and oxygen atoms in total. The molecule has 2 unspecified atom stereocenters. The molecule has 1 rings (SSSR count). The minimum atomic E-state index is -0.577. The van der Waals surface area contributed by atoms with Crippen molar-refractivity contribution in [3.05, 3.63) is 0 Å². The first kappa shape index (κ1) is 11.5. The summed E-state index contributed by atoms with van der Waals surface area (Å²) < 4.78 is 5.60. The number of amides is 1. The Morgan fingerprint density at radius 1 is 1.36 bits per heavy atom. The monoisotopic (exact) mass is 200 g/mol. The summed E-state index contributed by atoms with van der Waals surface area (Å²) in [7, 11) is 0. The molecule has 0 saturated carbocycles. The number of hydrogen-bond acceptors (Lipinski definition) is 3. The highest BCUT2D eigenvalue weighted by atomic mass is 16.5. The summed E-state index contributed by atoms with van der Waals surface area (Å²) in [4.78, 5) is 13.4. The van der Waals surface area contributed by atoms with E-state index in [-0.39, 0.29) is 18.1 Å². The minimum Gasteiger partial charge on any atom is -0.373 e. The van der Waals surface area contributed by atoms with Crippen molar-refractivity contribution in [1.82, 2.24) is 4.90 Å². The van der Waals surface area contributed by atoms with Gasteiger partial charge in [-0.25, -0.2) is 0 Å². The molecule has 1 amide bonds. The molecule has 82 valence electrons. The summed E-state index contributed by atoms with van der Waals surface area (Å²) >= 11 is 0. The Morgan fingerprint density at radius 3 is 2.14 bits per heavy atom. The highest BCUT2D eigenvalue weighted by molar-refractivity contribution is 5.83. The largest absolute Gasteiger partial charge is 0.373 e. The Bertz CT molecular complexity index is 218. The molecule has 14 heavy (non-hydrogen) atoms. The lowest BCUT2D eigenvalue weighted by atomic mass is 9.99. The van der Waals surface area contributed by atoms with Crippen LogP contribution >= 0.6 is 0 Å². The van der Waals surface area contributed by atoms with Crippen molar-refractivity contribution < 1.29 is 9.53 Å². The number of nitrogens with zero attached hydrogens (tertiary/aromatic N) is 1. The maximum Gasteiger partial charge on any atom is 0.237 e. The molecular weight excluding hydrogens is 180 g/mol. The van der Waals surface area contributed by atoms with E-state index in [0.29, 0.717) is 0 Å². The number of hydrogen-bond donors (Lipinski definition) is 1. The number of carbonyl (C=O) groups is 1. The van der Waals surface area contributed by atoms with Gasteiger partial charge in [-0.2, -0.15) is 0 Å². The maximum atomic E-state index is 11.3. The Kier molecular flexibility index (Phi) is 3.17. The van der Waals surface area contributed by atoms with Gasteiger partial charge in [0.05, 0.1) is 17.7 Å². The molecule has 0 spiro atoms. The van der Waals surface area contributed by atoms with Crippen molar-refractivity contribution in [1.29, 1.82) is 0 Å². The second kappa shape index (κ2) is 3.87. The average Bonchev–Trinajstić information content (AvgIpc) is 2.01. The molecule has 0 aromatic heterocycles. The lowest BCUT2D eigenvalue weighted by Gasteiger charge is -2.43. The van der Waals surface area contributed by atoms with Crippen molar-refractivity contribution >= 4 is 5.91 Å². The second-order valence-electron chi connectivity index (χ2n) is 4.59. The third-order valence-electron chi connectivity index (χ3n) is 2.81. The molecule has 0 aliphatic carbocycles. The Balaban J connectivity index is 2.72. The van der Waals surface area contributed by atoms with Gasteiger partial charge in [0.2, 0.25) is 5.91 Å². The smallest absolute Gasteiger partial charge is 0.237 e. The number of ether oxygens (including phenoxy) is 1. The third-order valence-corrected chi connectivity index (χ3v) is 2.81. The third kappa shape index (κ3) is 2.25. The van der Waals surface area contributed by atoms with E-state index in [1.165, 1.54) is 0 Å². The maximum absolute atomic E-state index is 11.3. The summed E-state index contributed by atoms with van der Waals surface area (Å²) in [6, 6.07) is 0. The van der Waals surface area contributed by atoms with Gasteiger partial charge in [-0.15, -0.1) is 0 Å². The molecule has 0 radical (unpaired) electrons. The van der Waals surface area contributed by atoms with E-state index < -0.39 is 5.54 Å². The van der Waals surface area contributed by atoms with Crippen LogP contribution in [0.25, 0.3) is 0 Å². The van der Waals surface area contributed by atoms with Gasteiger partial charge in [0.25, 0.3) is 0 Å². The van der Waals surface area contributed by atoms with E-state index in [1.54, 1.807) is 0 Å². The Hall–Kier alpha value is -0.610. The van der Waals surface area contributed by atoms with Crippen LogP contribution in [0.15, 0.2) is 0 Å². The van der Waals surface area contributed by atoms with E-state index in [1.807, 2.05) is 27.7 Å². The summed E-state index contributed by atoms with van der Waals surface area (Å²) in [6.07, 6.45) is 0.328. The van der Waals surface area contributed by atoms with Gasteiger partial charge in [0.15, 0.2) is 0 Å². The van der Waals surface area contributed by atoms with Gasteiger partial charge in [-0.3, -0.25) is 9.69 Å². The normalized spacial score (nSPS) is 30.3. The van der Waals surface area contributed by atoms with E-state index in [0.717, 1.165) is 13.1 Å². The zero-order valence-electron chi connectivity index (χ0n) is 9.41. The predicted molar refractivity (Wildman–Crippen MR) is 54.9 cm³/mol. The van der Waals surface area contributed by atoms with E-state index >= 15 is 0 Å². The van der Waals surface area contributed by atoms with Crippen LogP contribution in [-0.2, 0) is 9.53 Å². The molecule has 2 atom stereocenters. The first-order valence-corrected chi connectivity index (χ1v) is 5.04. The lowest BCUT2D eigenvalue weighted by molar-refractivity contribution is -0.138. The summed E-state index contributed by atoms with van der Waals surface area (Å²) in [5.74, 6) is -0.279. The van der Waals surface area contributed by atoms with Crippen molar-refractivity contribution in [2.24, 2.45) is 5.73 Å². The summed E-state index contributed by atoms with van der Waals surface area (Å²) in [5, 5.41) is 0. The standard InChI is InChI=1S/C10H20N2O2/c1-7-5-12(6-8(2)14-7)10(3,4)9(11)13/h7-8H,5-6H2,1-4H3,(H2,11,13). The molecule has 1 fully saturated rings. The molecule has 0 aromatic carbocycles. The van der Waals surface area contributed by atoms with Crippen LogP contribution in [0.5, 0.6) is 0 Å². The number of rotatable bonds is 2. The van der Waals surface area contributed by atoms with Crippen molar-refractivity contribution in [2.45, 2.75) is 45.4 Å². The van der Waals surface area contributed by atoms with E-state index in [4.69, 9.17) is 10.5 Å². The first-order chi connectivity index (χ1) is 6.34. The molecule has 1 aliphatic rings. The van der Waals surface area contributed by atoms with Crippen LogP contribution < -0.4 is 5.73 Å². The van der Waals surface area contributed by atoms with Crippen molar-refractivity contribution in [2.75, 3.05) is 13.1 Å². The molecule has 2 N–H and O–H groups in total. The molecule has 1 saturated heterocycles. The van der Waals surface area contributed by atoms with Crippen LogP contribution in [0, 0.1) is 0 Å². The lowest BCUT2D eigenvalue weighted by Crippen LogP contribution is -2.60. The van der Waals surface area contributed by atoms with Crippen molar-refractivity contribution in [3.63, 3.8) is 0 Å². The number of morpholine rings is 1. The average molecular weight is 200 g/mol. The van der Waals surface area contributed by atoms with Gasteiger partial charge >= 0.3 is 0 Å². The fourth-order valence-electron chi connectivity index (χ4n) is 1.79. The fourth-order valence-corrected chi connectivity index (χ4v) is 1.79. The molecular formula is C10H20N2O2. The summed E-state index contributed by atoms with van der Waals surface area (Å²) in [6.45, 7) is 9.28. The Morgan fingerprint density at radius 2 is 1.79 bits per heavy atom. The second-order valence-corrected chi connectivity index (χ2v) is 4.59. The van der Waals surface area contributed by atoms with Gasteiger partial charge < -0.3 is 10.5 Å². The van der Waals surface area contributed by atoms with E-state index in [2.05, 4.69) is 4.90 Å². The highest BCUT2D eigenvalue weighted by Crippen LogP contribution is 2.20. The number of primary amides is 1. The zero-order chi connectivity index (χ0) is 10.9. The predicted octanol–water partition coefficient (Wildman–Crippen LogP) is 0.360. The van der Waals surface area contributed by atoms with Crippen LogP contribution in [0.2, 0.25) is 0 Å². The molecule has 4 heteroatoms.